The Balaban J connectivity index is 1.49. The minimum atomic E-state index is -0.504. The SMILES string of the molecule is CCC1CN(c2cnc(C(=O)Nc3cc(F)c4nc(C)cn4c3)cn2)C(C)CN1. The van der Waals surface area contributed by atoms with Crippen molar-refractivity contribution in [3.8, 4) is 0 Å². The quantitative estimate of drug-likeness (QED) is 0.703. The van der Waals surface area contributed by atoms with Crippen LogP contribution in [0.25, 0.3) is 5.65 Å². The number of pyridine rings is 1. The second-order valence-corrected chi connectivity index (χ2v) is 7.42. The maximum atomic E-state index is 14.2. The molecule has 0 aromatic carbocycles. The van der Waals surface area contributed by atoms with Crippen molar-refractivity contribution in [2.45, 2.75) is 39.3 Å². The molecule has 1 saturated heterocycles. The summed E-state index contributed by atoms with van der Waals surface area (Å²) in [6.45, 7) is 7.79. The average molecular weight is 397 g/mol. The molecule has 0 radical (unpaired) electrons. The number of rotatable bonds is 4. The maximum Gasteiger partial charge on any atom is 0.275 e. The lowest BCUT2D eigenvalue weighted by Gasteiger charge is -2.39. The largest absolute Gasteiger partial charge is 0.350 e. The van der Waals surface area contributed by atoms with Gasteiger partial charge in [-0.3, -0.25) is 4.79 Å². The third-order valence-corrected chi connectivity index (χ3v) is 5.19. The fraction of sp³-hybridized carbons (Fsp3) is 0.400. The van der Waals surface area contributed by atoms with E-state index >= 15 is 0 Å². The number of hydrogen-bond acceptors (Lipinski definition) is 6. The first kappa shape index (κ1) is 19.3. The van der Waals surface area contributed by atoms with E-state index < -0.39 is 11.7 Å². The van der Waals surface area contributed by atoms with E-state index in [-0.39, 0.29) is 11.3 Å². The van der Waals surface area contributed by atoms with Gasteiger partial charge in [-0.2, -0.15) is 0 Å². The molecule has 9 heteroatoms. The van der Waals surface area contributed by atoms with Crippen LogP contribution in [-0.4, -0.2) is 50.4 Å². The van der Waals surface area contributed by atoms with Crippen molar-refractivity contribution in [3.05, 3.63) is 48.1 Å². The zero-order valence-corrected chi connectivity index (χ0v) is 16.7. The molecule has 152 valence electrons. The molecule has 8 nitrogen and oxygen atoms in total. The second-order valence-electron chi connectivity index (χ2n) is 7.42. The predicted molar refractivity (Wildman–Crippen MR) is 109 cm³/mol. The Hall–Kier alpha value is -3.07. The summed E-state index contributed by atoms with van der Waals surface area (Å²) in [6, 6.07) is 1.95. The molecule has 3 aromatic heterocycles. The van der Waals surface area contributed by atoms with Crippen molar-refractivity contribution < 1.29 is 9.18 Å². The molecular formula is C20H24FN7O. The summed E-state index contributed by atoms with van der Waals surface area (Å²) in [5.41, 5.74) is 1.41. The third-order valence-electron chi connectivity index (χ3n) is 5.19. The van der Waals surface area contributed by atoms with Gasteiger partial charge in [-0.1, -0.05) is 6.92 Å². The highest BCUT2D eigenvalue weighted by molar-refractivity contribution is 6.02. The van der Waals surface area contributed by atoms with E-state index in [4.69, 9.17) is 0 Å². The van der Waals surface area contributed by atoms with Gasteiger partial charge in [0.1, 0.15) is 11.5 Å². The van der Waals surface area contributed by atoms with Crippen LogP contribution in [0.5, 0.6) is 0 Å². The van der Waals surface area contributed by atoms with Crippen molar-refractivity contribution >= 4 is 23.1 Å². The minimum absolute atomic E-state index is 0.172. The fourth-order valence-corrected chi connectivity index (χ4v) is 3.55. The topological polar surface area (TPSA) is 87.5 Å². The number of aryl methyl sites for hydroxylation is 1. The molecular weight excluding hydrogens is 373 g/mol. The third kappa shape index (κ3) is 3.91. The van der Waals surface area contributed by atoms with Gasteiger partial charge in [0.05, 0.1) is 23.8 Å². The van der Waals surface area contributed by atoms with Gasteiger partial charge >= 0.3 is 0 Å². The van der Waals surface area contributed by atoms with Crippen LogP contribution in [-0.2, 0) is 0 Å². The molecule has 1 aliphatic heterocycles. The molecule has 1 aliphatic rings. The summed E-state index contributed by atoms with van der Waals surface area (Å²) >= 11 is 0. The smallest absolute Gasteiger partial charge is 0.275 e. The van der Waals surface area contributed by atoms with Crippen LogP contribution in [0.1, 0.15) is 36.5 Å². The lowest BCUT2D eigenvalue weighted by Crippen LogP contribution is -2.55. The van der Waals surface area contributed by atoms with Gasteiger partial charge in [0.25, 0.3) is 5.91 Å². The molecule has 4 rings (SSSR count). The molecule has 1 fully saturated rings. The lowest BCUT2D eigenvalue weighted by atomic mass is 10.1. The Morgan fingerprint density at radius 3 is 2.90 bits per heavy atom. The van der Waals surface area contributed by atoms with Gasteiger partial charge in [-0.25, -0.2) is 19.3 Å². The Morgan fingerprint density at radius 1 is 1.34 bits per heavy atom. The highest BCUT2D eigenvalue weighted by Crippen LogP contribution is 2.19. The molecule has 2 N–H and O–H groups in total. The summed E-state index contributed by atoms with van der Waals surface area (Å²) in [7, 11) is 0. The maximum absolute atomic E-state index is 14.2. The number of imidazole rings is 1. The van der Waals surface area contributed by atoms with Gasteiger partial charge in [0.15, 0.2) is 11.5 Å². The van der Waals surface area contributed by atoms with Crippen LogP contribution in [0.3, 0.4) is 0 Å². The first-order valence-electron chi connectivity index (χ1n) is 9.73. The zero-order chi connectivity index (χ0) is 20.5. The normalized spacial score (nSPS) is 19.5. The molecule has 29 heavy (non-hydrogen) atoms. The van der Waals surface area contributed by atoms with E-state index in [0.29, 0.717) is 23.5 Å². The molecule has 2 atom stereocenters. The van der Waals surface area contributed by atoms with Crippen LogP contribution < -0.4 is 15.5 Å². The number of anilines is 2. The number of nitrogens with one attached hydrogen (secondary N) is 2. The van der Waals surface area contributed by atoms with Gasteiger partial charge in [0, 0.05) is 43.6 Å². The average Bonchev–Trinajstić information content (AvgIpc) is 3.09. The van der Waals surface area contributed by atoms with E-state index in [2.05, 4.69) is 44.3 Å². The number of hydrogen-bond donors (Lipinski definition) is 2. The fourth-order valence-electron chi connectivity index (χ4n) is 3.55. The molecule has 2 unspecified atom stereocenters. The van der Waals surface area contributed by atoms with E-state index in [1.54, 1.807) is 29.9 Å². The summed E-state index contributed by atoms with van der Waals surface area (Å²) in [4.78, 5) is 27.6. The van der Waals surface area contributed by atoms with Crippen LogP contribution in [0.2, 0.25) is 0 Å². The second kappa shape index (κ2) is 7.75. The molecule has 1 amide bonds. The number of nitrogens with zero attached hydrogens (tertiary/aromatic N) is 5. The van der Waals surface area contributed by atoms with E-state index in [1.165, 1.54) is 12.3 Å². The number of carbonyl (C=O) groups excluding carboxylic acids is 1. The first-order chi connectivity index (χ1) is 13.9. The first-order valence-corrected chi connectivity index (χ1v) is 9.73. The van der Waals surface area contributed by atoms with Gasteiger partial charge in [-0.15, -0.1) is 0 Å². The van der Waals surface area contributed by atoms with Crippen molar-refractivity contribution in [2.75, 3.05) is 23.3 Å². The van der Waals surface area contributed by atoms with E-state index in [1.807, 2.05) is 0 Å². The number of aromatic nitrogens is 4. The summed E-state index contributed by atoms with van der Waals surface area (Å²) in [5.74, 6) is -0.203. The van der Waals surface area contributed by atoms with Crippen LogP contribution in [0.4, 0.5) is 15.9 Å². The highest BCUT2D eigenvalue weighted by atomic mass is 19.1. The summed E-state index contributed by atoms with van der Waals surface area (Å²) in [6.07, 6.45) is 7.42. The van der Waals surface area contributed by atoms with Crippen molar-refractivity contribution in [1.82, 2.24) is 24.7 Å². The Morgan fingerprint density at radius 2 is 2.17 bits per heavy atom. The Bertz CT molecular complexity index is 1030. The molecule has 3 aromatic rings. The van der Waals surface area contributed by atoms with Crippen molar-refractivity contribution in [3.63, 3.8) is 0 Å². The molecule has 4 heterocycles. The molecule has 0 spiro atoms. The van der Waals surface area contributed by atoms with Gasteiger partial charge in [-0.05, 0) is 20.3 Å². The van der Waals surface area contributed by atoms with Crippen LogP contribution in [0.15, 0.2) is 30.9 Å². The summed E-state index contributed by atoms with van der Waals surface area (Å²) < 4.78 is 15.7. The van der Waals surface area contributed by atoms with Gasteiger partial charge < -0.3 is 19.9 Å². The van der Waals surface area contributed by atoms with Crippen LogP contribution >= 0.6 is 0 Å². The minimum Gasteiger partial charge on any atom is -0.350 e. The zero-order valence-electron chi connectivity index (χ0n) is 16.7. The van der Waals surface area contributed by atoms with E-state index in [0.717, 1.165) is 25.3 Å². The van der Waals surface area contributed by atoms with E-state index in [9.17, 15) is 9.18 Å². The van der Waals surface area contributed by atoms with Gasteiger partial charge in [0.2, 0.25) is 0 Å². The van der Waals surface area contributed by atoms with Crippen molar-refractivity contribution in [2.24, 2.45) is 0 Å². The number of amides is 1. The number of fused-ring (bicyclic) bond motifs is 1. The standard InChI is InChI=1S/C20H24FN7O/c1-4-14-11-28(13(3)6-22-14)18-8-23-17(7-24-18)20(29)26-15-5-16(21)19-25-12(2)9-27(19)10-15/h5,7-10,13-14,22H,4,6,11H2,1-3H3,(H,26,29). The number of halogens is 1. The molecule has 0 bridgehead atoms. The summed E-state index contributed by atoms with van der Waals surface area (Å²) in [5, 5.41) is 6.17. The molecule has 0 saturated carbocycles. The Kier molecular flexibility index (Phi) is 5.14. The van der Waals surface area contributed by atoms with Crippen molar-refractivity contribution in [1.29, 1.82) is 0 Å². The molecule has 0 aliphatic carbocycles. The lowest BCUT2D eigenvalue weighted by molar-refractivity contribution is 0.102. The van der Waals surface area contributed by atoms with Crippen LogP contribution in [0, 0.1) is 12.7 Å². The number of carbonyl (C=O) groups is 1. The highest BCUT2D eigenvalue weighted by Gasteiger charge is 2.25. The number of piperazine rings is 1. The monoisotopic (exact) mass is 397 g/mol. The predicted octanol–water partition coefficient (Wildman–Crippen LogP) is 2.40. The Labute approximate surface area is 168 Å².